The van der Waals surface area contributed by atoms with Gasteiger partial charge in [0.15, 0.2) is 0 Å². The van der Waals surface area contributed by atoms with Gasteiger partial charge in [-0.3, -0.25) is 4.90 Å². The fourth-order valence-corrected chi connectivity index (χ4v) is 3.70. The summed E-state index contributed by atoms with van der Waals surface area (Å²) in [6.45, 7) is 7.14. The molecule has 3 saturated heterocycles. The Balaban J connectivity index is 1.58. The first-order chi connectivity index (χ1) is 7.88. The van der Waals surface area contributed by atoms with Gasteiger partial charge in [-0.25, -0.2) is 0 Å². The van der Waals surface area contributed by atoms with Crippen LogP contribution in [0.2, 0.25) is 0 Å². The van der Waals surface area contributed by atoms with E-state index in [4.69, 9.17) is 4.74 Å². The van der Waals surface area contributed by atoms with Crippen molar-refractivity contribution in [2.75, 3.05) is 39.4 Å². The fourth-order valence-electron chi connectivity index (χ4n) is 3.70. The summed E-state index contributed by atoms with van der Waals surface area (Å²) < 4.78 is 5.46. The van der Waals surface area contributed by atoms with Gasteiger partial charge in [0.25, 0.3) is 0 Å². The normalized spacial score (nSPS) is 32.2. The molecule has 16 heavy (non-hydrogen) atoms. The number of likely N-dealkylation sites (tertiary alicyclic amines) is 1. The number of hydrogen-bond donors (Lipinski definition) is 1. The van der Waals surface area contributed by atoms with E-state index >= 15 is 0 Å². The Hall–Kier alpha value is -0.120. The molecule has 0 aliphatic carbocycles. The van der Waals surface area contributed by atoms with Crippen LogP contribution < -0.4 is 5.32 Å². The highest BCUT2D eigenvalue weighted by Crippen LogP contribution is 2.40. The summed E-state index contributed by atoms with van der Waals surface area (Å²) in [7, 11) is 0. The van der Waals surface area contributed by atoms with Crippen molar-refractivity contribution in [3.05, 3.63) is 0 Å². The highest BCUT2D eigenvalue weighted by atomic mass is 16.5. The second-order valence-corrected chi connectivity index (χ2v) is 5.81. The zero-order valence-corrected chi connectivity index (χ0v) is 10.2. The van der Waals surface area contributed by atoms with Gasteiger partial charge in [0.2, 0.25) is 0 Å². The molecule has 3 aliphatic heterocycles. The molecule has 92 valence electrons. The van der Waals surface area contributed by atoms with Crippen molar-refractivity contribution in [1.82, 2.24) is 10.2 Å². The number of piperidine rings is 1. The van der Waals surface area contributed by atoms with Crippen LogP contribution in [-0.4, -0.2) is 50.3 Å². The van der Waals surface area contributed by atoms with Crippen LogP contribution in [0.5, 0.6) is 0 Å². The Morgan fingerprint density at radius 3 is 2.56 bits per heavy atom. The largest absolute Gasteiger partial charge is 0.381 e. The van der Waals surface area contributed by atoms with Gasteiger partial charge < -0.3 is 10.1 Å². The van der Waals surface area contributed by atoms with E-state index in [1.54, 1.807) is 0 Å². The van der Waals surface area contributed by atoms with Crippen molar-refractivity contribution in [3.8, 4) is 0 Å². The molecule has 1 spiro atoms. The van der Waals surface area contributed by atoms with Crippen LogP contribution in [0.3, 0.4) is 0 Å². The van der Waals surface area contributed by atoms with Crippen LogP contribution in [0, 0.1) is 5.41 Å². The Morgan fingerprint density at radius 2 is 1.81 bits per heavy atom. The first-order valence-corrected chi connectivity index (χ1v) is 6.91. The molecule has 3 fully saturated rings. The Kier molecular flexibility index (Phi) is 3.18. The fraction of sp³-hybridized carbons (Fsp3) is 1.00. The van der Waals surface area contributed by atoms with E-state index in [0.29, 0.717) is 5.41 Å². The number of ether oxygens (including phenoxy) is 1. The minimum atomic E-state index is 0.670. The summed E-state index contributed by atoms with van der Waals surface area (Å²) in [6.07, 6.45) is 6.74. The third kappa shape index (κ3) is 2.13. The SMILES string of the molecule is C1CC2(CCN1)CCN(C1CCOCC1)C2. The monoisotopic (exact) mass is 224 g/mol. The molecule has 3 heteroatoms. The predicted molar refractivity (Wildman–Crippen MR) is 64.6 cm³/mol. The molecule has 0 unspecified atom stereocenters. The molecule has 1 N–H and O–H groups in total. The number of rotatable bonds is 1. The molecular formula is C13H24N2O. The molecule has 0 amide bonds. The molecule has 3 rings (SSSR count). The lowest BCUT2D eigenvalue weighted by Gasteiger charge is -2.36. The maximum atomic E-state index is 5.46. The molecule has 0 atom stereocenters. The van der Waals surface area contributed by atoms with E-state index in [9.17, 15) is 0 Å². The smallest absolute Gasteiger partial charge is 0.0480 e. The van der Waals surface area contributed by atoms with Gasteiger partial charge in [-0.15, -0.1) is 0 Å². The van der Waals surface area contributed by atoms with Gasteiger partial charge in [0, 0.05) is 25.8 Å². The molecule has 3 nitrogen and oxygen atoms in total. The van der Waals surface area contributed by atoms with Gasteiger partial charge in [0.1, 0.15) is 0 Å². The summed E-state index contributed by atoms with van der Waals surface area (Å²) in [6, 6.07) is 0.822. The summed E-state index contributed by atoms with van der Waals surface area (Å²) in [4.78, 5) is 2.76. The lowest BCUT2D eigenvalue weighted by molar-refractivity contribution is 0.0366. The number of nitrogens with zero attached hydrogens (tertiary/aromatic N) is 1. The first kappa shape index (κ1) is 11.0. The van der Waals surface area contributed by atoms with Gasteiger partial charge in [0.05, 0.1) is 0 Å². The average Bonchev–Trinajstić information content (AvgIpc) is 2.75. The van der Waals surface area contributed by atoms with Crippen molar-refractivity contribution in [2.45, 2.75) is 38.1 Å². The summed E-state index contributed by atoms with van der Waals surface area (Å²) in [5.74, 6) is 0. The molecule has 0 aromatic carbocycles. The number of hydrogen-bond acceptors (Lipinski definition) is 3. The molecule has 3 heterocycles. The summed E-state index contributed by atoms with van der Waals surface area (Å²) in [5, 5.41) is 3.49. The lowest BCUT2D eigenvalue weighted by Crippen LogP contribution is -2.42. The van der Waals surface area contributed by atoms with E-state index in [1.165, 1.54) is 58.3 Å². The second kappa shape index (κ2) is 4.63. The third-order valence-electron chi connectivity index (χ3n) is 4.84. The van der Waals surface area contributed by atoms with Crippen LogP contribution in [0.25, 0.3) is 0 Å². The van der Waals surface area contributed by atoms with Crippen LogP contribution in [0.1, 0.15) is 32.1 Å². The average molecular weight is 224 g/mol. The van der Waals surface area contributed by atoms with E-state index in [-0.39, 0.29) is 0 Å². The zero-order valence-electron chi connectivity index (χ0n) is 10.2. The summed E-state index contributed by atoms with van der Waals surface area (Å²) >= 11 is 0. The molecule has 0 saturated carbocycles. The molecule has 0 radical (unpaired) electrons. The maximum absolute atomic E-state index is 5.46. The van der Waals surface area contributed by atoms with Crippen molar-refractivity contribution in [3.63, 3.8) is 0 Å². The Labute approximate surface area is 98.5 Å². The highest BCUT2D eigenvalue weighted by Gasteiger charge is 2.40. The van der Waals surface area contributed by atoms with E-state index in [0.717, 1.165) is 19.3 Å². The van der Waals surface area contributed by atoms with Gasteiger partial charge in [-0.2, -0.15) is 0 Å². The zero-order chi connectivity index (χ0) is 10.8. The highest BCUT2D eigenvalue weighted by molar-refractivity contribution is 4.95. The molecule has 0 aromatic rings. The van der Waals surface area contributed by atoms with E-state index in [2.05, 4.69) is 10.2 Å². The predicted octanol–water partition coefficient (Wildman–Crippen LogP) is 1.24. The van der Waals surface area contributed by atoms with E-state index < -0.39 is 0 Å². The van der Waals surface area contributed by atoms with Crippen LogP contribution in [0.15, 0.2) is 0 Å². The van der Waals surface area contributed by atoms with Crippen LogP contribution in [0.4, 0.5) is 0 Å². The Bertz CT molecular complexity index is 232. The van der Waals surface area contributed by atoms with E-state index in [1.807, 2.05) is 0 Å². The standard InChI is InChI=1S/C13H24N2O/c1-9-16-10-2-12(1)15-8-5-13(11-15)3-6-14-7-4-13/h12,14H,1-11H2. The maximum Gasteiger partial charge on any atom is 0.0480 e. The lowest BCUT2D eigenvalue weighted by atomic mass is 9.78. The third-order valence-corrected chi connectivity index (χ3v) is 4.84. The van der Waals surface area contributed by atoms with Crippen molar-refractivity contribution in [2.24, 2.45) is 5.41 Å². The topological polar surface area (TPSA) is 24.5 Å². The van der Waals surface area contributed by atoms with Crippen LogP contribution >= 0.6 is 0 Å². The second-order valence-electron chi connectivity index (χ2n) is 5.81. The van der Waals surface area contributed by atoms with Crippen molar-refractivity contribution in [1.29, 1.82) is 0 Å². The van der Waals surface area contributed by atoms with Crippen LogP contribution in [-0.2, 0) is 4.74 Å². The molecule has 0 bridgehead atoms. The minimum absolute atomic E-state index is 0.670. The molecule has 0 aromatic heterocycles. The molecular weight excluding hydrogens is 200 g/mol. The van der Waals surface area contributed by atoms with Crippen molar-refractivity contribution < 1.29 is 4.74 Å². The molecule has 3 aliphatic rings. The quantitative estimate of drug-likeness (QED) is 0.725. The number of nitrogens with one attached hydrogen (secondary N) is 1. The van der Waals surface area contributed by atoms with Gasteiger partial charge >= 0.3 is 0 Å². The van der Waals surface area contributed by atoms with Crippen molar-refractivity contribution >= 4 is 0 Å². The Morgan fingerprint density at radius 1 is 1.06 bits per heavy atom. The minimum Gasteiger partial charge on any atom is -0.381 e. The van der Waals surface area contributed by atoms with Gasteiger partial charge in [-0.1, -0.05) is 0 Å². The van der Waals surface area contributed by atoms with Gasteiger partial charge in [-0.05, 0) is 57.2 Å². The first-order valence-electron chi connectivity index (χ1n) is 6.91. The summed E-state index contributed by atoms with van der Waals surface area (Å²) in [5.41, 5.74) is 0.670.